The molecule has 0 atom stereocenters. The third kappa shape index (κ3) is 3.85. The van der Waals surface area contributed by atoms with Gasteiger partial charge in [0.1, 0.15) is 0 Å². The molecule has 0 fully saturated rings. The van der Waals surface area contributed by atoms with Crippen LogP contribution in [0.5, 0.6) is 0 Å². The molecule has 0 unspecified atom stereocenters. The number of rotatable bonds is 6. The van der Waals surface area contributed by atoms with Gasteiger partial charge in [0.25, 0.3) is 5.91 Å². The maximum atomic E-state index is 12.7. The first-order chi connectivity index (χ1) is 11.5. The van der Waals surface area contributed by atoms with Gasteiger partial charge in [0.15, 0.2) is 0 Å². The molecule has 126 valence electrons. The lowest BCUT2D eigenvalue weighted by Gasteiger charge is -2.20. The van der Waals surface area contributed by atoms with Gasteiger partial charge >= 0.3 is 0 Å². The minimum absolute atomic E-state index is 0.0650. The van der Waals surface area contributed by atoms with Crippen molar-refractivity contribution >= 4 is 23.4 Å². The highest BCUT2D eigenvalue weighted by molar-refractivity contribution is 7.99. The average molecular weight is 341 g/mol. The fourth-order valence-electron chi connectivity index (χ4n) is 2.54. The predicted octanol–water partition coefficient (Wildman–Crippen LogP) is 5.60. The zero-order valence-corrected chi connectivity index (χ0v) is 15.4. The van der Waals surface area contributed by atoms with Gasteiger partial charge in [-0.05, 0) is 63.1 Å². The van der Waals surface area contributed by atoms with E-state index in [1.54, 1.807) is 11.8 Å². The van der Waals surface area contributed by atoms with E-state index >= 15 is 0 Å². The maximum absolute atomic E-state index is 12.7. The van der Waals surface area contributed by atoms with Gasteiger partial charge in [0.2, 0.25) is 0 Å². The lowest BCUT2D eigenvalue weighted by Crippen LogP contribution is -2.30. The summed E-state index contributed by atoms with van der Waals surface area (Å²) in [4.78, 5) is 16.6. The van der Waals surface area contributed by atoms with Gasteiger partial charge < -0.3 is 4.90 Å². The van der Waals surface area contributed by atoms with Crippen LogP contribution in [0, 0.1) is 19.4 Å². The van der Waals surface area contributed by atoms with E-state index < -0.39 is 0 Å². The predicted molar refractivity (Wildman–Crippen MR) is 98.5 cm³/mol. The topological polar surface area (TPSA) is 56.5 Å². The van der Waals surface area contributed by atoms with Crippen LogP contribution in [0.25, 0.3) is 0 Å². The van der Waals surface area contributed by atoms with Crippen molar-refractivity contribution < 1.29 is 4.79 Å². The molecule has 0 bridgehead atoms. The molecule has 0 heterocycles. The third-order valence-corrected chi connectivity index (χ3v) is 5.24. The van der Waals surface area contributed by atoms with Crippen LogP contribution in [0.15, 0.2) is 51.3 Å². The molecular weight excluding hydrogens is 318 g/mol. The molecule has 0 aromatic heterocycles. The summed E-state index contributed by atoms with van der Waals surface area (Å²) in [5.74, 6) is 0.0650. The molecule has 5 heteroatoms. The quantitative estimate of drug-likeness (QED) is 0.695. The maximum Gasteiger partial charge on any atom is 0.254 e. The second-order valence-corrected chi connectivity index (χ2v) is 6.68. The minimum atomic E-state index is 0.0650. The van der Waals surface area contributed by atoms with E-state index in [1.807, 2.05) is 69.0 Å². The number of amides is 1. The number of nitrogens with one attached hydrogen (secondary N) is 1. The van der Waals surface area contributed by atoms with E-state index in [0.717, 1.165) is 26.5 Å². The van der Waals surface area contributed by atoms with Crippen LogP contribution in [0.3, 0.4) is 0 Å². The first-order valence-corrected chi connectivity index (χ1v) is 8.88. The van der Waals surface area contributed by atoms with Gasteiger partial charge in [0.05, 0.1) is 11.3 Å². The largest absolute Gasteiger partial charge is 0.339 e. The molecule has 1 amide bonds. The third-order valence-electron chi connectivity index (χ3n) is 4.00. The summed E-state index contributed by atoms with van der Waals surface area (Å²) in [5, 5.41) is 3.55. The average Bonchev–Trinajstić information content (AvgIpc) is 2.59. The fourth-order valence-corrected chi connectivity index (χ4v) is 3.64. The van der Waals surface area contributed by atoms with Crippen LogP contribution in [-0.2, 0) is 0 Å². The molecule has 0 aliphatic heterocycles. The molecule has 24 heavy (non-hydrogen) atoms. The van der Waals surface area contributed by atoms with E-state index in [1.165, 1.54) is 0 Å². The van der Waals surface area contributed by atoms with Crippen molar-refractivity contribution in [2.24, 2.45) is 5.11 Å². The monoisotopic (exact) mass is 341 g/mol. The van der Waals surface area contributed by atoms with Crippen molar-refractivity contribution in [3.05, 3.63) is 53.1 Å². The summed E-state index contributed by atoms with van der Waals surface area (Å²) in [6.45, 7) is 9.34. The van der Waals surface area contributed by atoms with Gasteiger partial charge in [0, 0.05) is 22.9 Å². The first kappa shape index (κ1) is 18.2. The Morgan fingerprint density at radius 2 is 1.75 bits per heavy atom. The molecule has 0 radical (unpaired) electrons. The van der Waals surface area contributed by atoms with Crippen molar-refractivity contribution in [1.82, 2.24) is 4.90 Å². The number of hydrogen-bond donors (Lipinski definition) is 1. The van der Waals surface area contributed by atoms with E-state index in [9.17, 15) is 4.79 Å². The Bertz CT molecular complexity index is 754. The van der Waals surface area contributed by atoms with Crippen LogP contribution in [0.1, 0.15) is 35.3 Å². The minimum Gasteiger partial charge on any atom is -0.339 e. The highest BCUT2D eigenvalue weighted by Gasteiger charge is 2.17. The van der Waals surface area contributed by atoms with E-state index in [2.05, 4.69) is 5.11 Å². The summed E-state index contributed by atoms with van der Waals surface area (Å²) in [6, 6.07) is 11.7. The van der Waals surface area contributed by atoms with E-state index in [4.69, 9.17) is 5.53 Å². The molecule has 2 rings (SSSR count). The number of benzene rings is 2. The standard InChI is InChI=1S/C19H23N3OS/c1-5-22(6-2)19(23)15-9-7-8-10-17(15)24-18-12-13(3)16(21-20)11-14(18)4/h7-12,20H,5-6H2,1-4H3. The molecule has 0 saturated heterocycles. The van der Waals surface area contributed by atoms with Crippen LogP contribution in [-0.4, -0.2) is 23.9 Å². The SMILES string of the molecule is CCN(CC)C(=O)c1ccccc1Sc1cc(C)c(N=N)cc1C. The Hall–Kier alpha value is -2.14. The molecule has 2 aromatic carbocycles. The molecule has 0 aliphatic rings. The normalized spacial score (nSPS) is 10.5. The zero-order valence-electron chi connectivity index (χ0n) is 14.6. The molecule has 4 nitrogen and oxygen atoms in total. The summed E-state index contributed by atoms with van der Waals surface area (Å²) < 4.78 is 0. The van der Waals surface area contributed by atoms with Gasteiger partial charge in [-0.2, -0.15) is 5.11 Å². The lowest BCUT2D eigenvalue weighted by molar-refractivity contribution is 0.0769. The second kappa shape index (κ2) is 8.11. The van der Waals surface area contributed by atoms with Crippen molar-refractivity contribution in [3.63, 3.8) is 0 Å². The van der Waals surface area contributed by atoms with Crippen LogP contribution in [0.2, 0.25) is 0 Å². The molecule has 0 saturated carbocycles. The highest BCUT2D eigenvalue weighted by atomic mass is 32.2. The smallest absolute Gasteiger partial charge is 0.254 e. The fraction of sp³-hybridized carbons (Fsp3) is 0.316. The van der Waals surface area contributed by atoms with Crippen LogP contribution < -0.4 is 0 Å². The Balaban J connectivity index is 2.40. The molecule has 0 aliphatic carbocycles. The van der Waals surface area contributed by atoms with Crippen molar-refractivity contribution in [2.75, 3.05) is 13.1 Å². The van der Waals surface area contributed by atoms with Gasteiger partial charge in [-0.15, -0.1) is 0 Å². The van der Waals surface area contributed by atoms with E-state index in [0.29, 0.717) is 18.8 Å². The van der Waals surface area contributed by atoms with Crippen LogP contribution >= 0.6 is 11.8 Å². The van der Waals surface area contributed by atoms with Crippen molar-refractivity contribution in [2.45, 2.75) is 37.5 Å². The lowest BCUT2D eigenvalue weighted by atomic mass is 10.1. The Kier molecular flexibility index (Phi) is 6.15. The second-order valence-electron chi connectivity index (χ2n) is 5.59. The number of nitrogens with zero attached hydrogens (tertiary/aromatic N) is 2. The summed E-state index contributed by atoms with van der Waals surface area (Å²) in [5.41, 5.74) is 10.7. The van der Waals surface area contributed by atoms with Gasteiger partial charge in [-0.1, -0.05) is 23.9 Å². The van der Waals surface area contributed by atoms with Gasteiger partial charge in [-0.25, -0.2) is 5.53 Å². The zero-order chi connectivity index (χ0) is 17.7. The highest BCUT2D eigenvalue weighted by Crippen LogP contribution is 2.36. The van der Waals surface area contributed by atoms with Crippen LogP contribution in [0.4, 0.5) is 5.69 Å². The number of aryl methyl sites for hydroxylation is 2. The molecule has 1 N–H and O–H groups in total. The molecule has 2 aromatic rings. The first-order valence-electron chi connectivity index (χ1n) is 8.06. The van der Waals surface area contributed by atoms with Gasteiger partial charge in [-0.3, -0.25) is 4.79 Å². The van der Waals surface area contributed by atoms with Crippen molar-refractivity contribution in [1.29, 1.82) is 5.53 Å². The number of hydrogen-bond acceptors (Lipinski definition) is 4. The van der Waals surface area contributed by atoms with E-state index in [-0.39, 0.29) is 5.91 Å². The molecule has 0 spiro atoms. The Morgan fingerprint density at radius 1 is 1.08 bits per heavy atom. The Morgan fingerprint density at radius 3 is 2.38 bits per heavy atom. The summed E-state index contributed by atoms with van der Waals surface area (Å²) in [6.07, 6.45) is 0. The molecular formula is C19H23N3OS. The summed E-state index contributed by atoms with van der Waals surface area (Å²) in [7, 11) is 0. The Labute approximate surface area is 147 Å². The number of carbonyl (C=O) groups is 1. The van der Waals surface area contributed by atoms with Crippen molar-refractivity contribution in [3.8, 4) is 0 Å². The summed E-state index contributed by atoms with van der Waals surface area (Å²) >= 11 is 1.59. The number of carbonyl (C=O) groups excluding carboxylic acids is 1.